The van der Waals surface area contributed by atoms with E-state index in [1.807, 2.05) is 6.07 Å². The number of carbonyl (C=O) groups excluding carboxylic acids is 1. The van der Waals surface area contributed by atoms with E-state index in [0.29, 0.717) is 32.0 Å². The molecule has 0 bridgehead atoms. The first kappa shape index (κ1) is 26.5. The summed E-state index contributed by atoms with van der Waals surface area (Å²) in [6.07, 6.45) is -1.11. The zero-order valence-electron chi connectivity index (χ0n) is 21.6. The van der Waals surface area contributed by atoms with Crippen molar-refractivity contribution in [2.75, 3.05) is 81.6 Å². The number of halogens is 3. The van der Waals surface area contributed by atoms with Gasteiger partial charge in [-0.25, -0.2) is 4.98 Å². The molecule has 0 atom stereocenters. The standard InChI is InChI=1S/C26H34F3N7O2/c1-34-9-11-35(12-10-34)19-5-6-22(20(15-19)18-3-4-18)32-25-31-16-21(26(27,28)29)24(33-25)30-7-2-8-36-13-14-38-17-23(36)37/h5-6,15-16,18H,2-4,7-14,17H2,1H3,(H2,30,31,32,33). The molecular formula is C26H34F3N7O2. The number of aromatic nitrogens is 2. The molecule has 2 N–H and O–H groups in total. The van der Waals surface area contributed by atoms with E-state index in [4.69, 9.17) is 4.74 Å². The fraction of sp³-hybridized carbons (Fsp3) is 0.577. The van der Waals surface area contributed by atoms with Crippen LogP contribution in [0.5, 0.6) is 0 Å². The van der Waals surface area contributed by atoms with Crippen LogP contribution in [0, 0.1) is 0 Å². The van der Waals surface area contributed by atoms with Gasteiger partial charge in [-0.05, 0) is 56.0 Å². The average Bonchev–Trinajstić information content (AvgIpc) is 3.73. The Bertz CT molecular complexity index is 1130. The third-order valence-corrected chi connectivity index (χ3v) is 7.24. The molecule has 5 rings (SSSR count). The van der Waals surface area contributed by atoms with Gasteiger partial charge in [-0.3, -0.25) is 4.79 Å². The minimum Gasteiger partial charge on any atom is -0.370 e. The maximum atomic E-state index is 13.7. The lowest BCUT2D eigenvalue weighted by molar-refractivity contribution is -0.142. The number of nitrogens with one attached hydrogen (secondary N) is 2. The van der Waals surface area contributed by atoms with Crippen molar-refractivity contribution in [3.05, 3.63) is 35.5 Å². The molecule has 3 fully saturated rings. The van der Waals surface area contributed by atoms with Gasteiger partial charge in [0.2, 0.25) is 11.9 Å². The summed E-state index contributed by atoms with van der Waals surface area (Å²) in [5, 5.41) is 5.99. The molecule has 1 aliphatic carbocycles. The lowest BCUT2D eigenvalue weighted by atomic mass is 10.1. The normalized spacial score (nSPS) is 19.1. The van der Waals surface area contributed by atoms with Gasteiger partial charge < -0.3 is 30.1 Å². The molecule has 0 spiro atoms. The number of ether oxygens (including phenoxy) is 1. The van der Waals surface area contributed by atoms with Gasteiger partial charge in [-0.15, -0.1) is 0 Å². The third-order valence-electron chi connectivity index (χ3n) is 7.24. The van der Waals surface area contributed by atoms with Crippen molar-refractivity contribution < 1.29 is 22.7 Å². The van der Waals surface area contributed by atoms with Crippen molar-refractivity contribution >= 4 is 29.0 Å². The van der Waals surface area contributed by atoms with Crippen molar-refractivity contribution in [1.82, 2.24) is 19.8 Å². The van der Waals surface area contributed by atoms with Crippen molar-refractivity contribution in [2.45, 2.75) is 31.4 Å². The Morgan fingerprint density at radius 2 is 1.92 bits per heavy atom. The number of rotatable bonds is 9. The van der Waals surface area contributed by atoms with Gasteiger partial charge in [0.15, 0.2) is 0 Å². The van der Waals surface area contributed by atoms with E-state index in [1.54, 1.807) is 4.90 Å². The molecular weight excluding hydrogens is 499 g/mol. The molecule has 0 unspecified atom stereocenters. The van der Waals surface area contributed by atoms with Gasteiger partial charge in [0.05, 0.1) is 6.61 Å². The number of anilines is 4. The highest BCUT2D eigenvalue weighted by Crippen LogP contribution is 2.45. The van der Waals surface area contributed by atoms with Gasteiger partial charge in [0.1, 0.15) is 18.0 Å². The minimum absolute atomic E-state index is 0.0474. The fourth-order valence-corrected chi connectivity index (χ4v) is 4.83. The quantitative estimate of drug-likeness (QED) is 0.474. The first-order chi connectivity index (χ1) is 18.3. The molecule has 3 heterocycles. The van der Waals surface area contributed by atoms with Gasteiger partial charge in [-0.1, -0.05) is 0 Å². The average molecular weight is 534 g/mol. The van der Waals surface area contributed by atoms with Crippen LogP contribution in [0.15, 0.2) is 24.4 Å². The van der Waals surface area contributed by atoms with E-state index in [9.17, 15) is 18.0 Å². The number of morpholine rings is 1. The van der Waals surface area contributed by atoms with Crippen LogP contribution in [-0.2, 0) is 15.7 Å². The zero-order valence-corrected chi connectivity index (χ0v) is 21.6. The molecule has 206 valence electrons. The smallest absolute Gasteiger partial charge is 0.370 e. The Balaban J connectivity index is 1.29. The summed E-state index contributed by atoms with van der Waals surface area (Å²) < 4.78 is 46.1. The summed E-state index contributed by atoms with van der Waals surface area (Å²) in [6.45, 7) is 5.63. The Morgan fingerprint density at radius 1 is 1.13 bits per heavy atom. The number of carbonyl (C=O) groups is 1. The summed E-state index contributed by atoms with van der Waals surface area (Å²) in [4.78, 5) is 26.4. The van der Waals surface area contributed by atoms with E-state index < -0.39 is 11.7 Å². The molecule has 12 heteroatoms. The number of alkyl halides is 3. The highest BCUT2D eigenvalue weighted by Gasteiger charge is 2.35. The second kappa shape index (κ2) is 11.3. The summed E-state index contributed by atoms with van der Waals surface area (Å²) in [5.41, 5.74) is 2.22. The van der Waals surface area contributed by atoms with Crippen LogP contribution in [0.4, 0.5) is 36.3 Å². The molecule has 1 aromatic carbocycles. The highest BCUT2D eigenvalue weighted by atomic mass is 19.4. The number of hydrogen-bond acceptors (Lipinski definition) is 8. The molecule has 3 aliphatic rings. The molecule has 1 amide bonds. The second-order valence-electron chi connectivity index (χ2n) is 10.1. The number of hydrogen-bond donors (Lipinski definition) is 2. The lowest BCUT2D eigenvalue weighted by Crippen LogP contribution is -2.44. The van der Waals surface area contributed by atoms with E-state index in [-0.39, 0.29) is 30.8 Å². The van der Waals surface area contributed by atoms with Crippen LogP contribution in [0.3, 0.4) is 0 Å². The van der Waals surface area contributed by atoms with Crippen LogP contribution < -0.4 is 15.5 Å². The maximum absolute atomic E-state index is 13.7. The summed E-state index contributed by atoms with van der Waals surface area (Å²) in [7, 11) is 2.12. The molecule has 9 nitrogen and oxygen atoms in total. The number of piperazine rings is 1. The van der Waals surface area contributed by atoms with Gasteiger partial charge in [0, 0.05) is 63.4 Å². The van der Waals surface area contributed by atoms with Crippen molar-refractivity contribution in [2.24, 2.45) is 0 Å². The third kappa shape index (κ3) is 6.47. The molecule has 2 aromatic rings. The van der Waals surface area contributed by atoms with Crippen LogP contribution >= 0.6 is 0 Å². The van der Waals surface area contributed by atoms with Gasteiger partial charge >= 0.3 is 6.18 Å². The summed E-state index contributed by atoms with van der Waals surface area (Å²) >= 11 is 0. The molecule has 1 saturated carbocycles. The molecule has 38 heavy (non-hydrogen) atoms. The predicted octanol–water partition coefficient (Wildman–Crippen LogP) is 3.53. The van der Waals surface area contributed by atoms with E-state index in [2.05, 4.69) is 49.6 Å². The van der Waals surface area contributed by atoms with Gasteiger partial charge in [-0.2, -0.15) is 18.2 Å². The Labute approximate surface area is 220 Å². The summed E-state index contributed by atoms with van der Waals surface area (Å²) in [6, 6.07) is 6.23. The molecule has 0 radical (unpaired) electrons. The van der Waals surface area contributed by atoms with Crippen LogP contribution in [0.25, 0.3) is 0 Å². The fourth-order valence-electron chi connectivity index (χ4n) is 4.83. The number of nitrogens with zero attached hydrogens (tertiary/aromatic N) is 5. The Kier molecular flexibility index (Phi) is 7.89. The Morgan fingerprint density at radius 3 is 2.63 bits per heavy atom. The SMILES string of the molecule is CN1CCN(c2ccc(Nc3ncc(C(F)(F)F)c(NCCCN4CCOCC4=O)n3)c(C3CC3)c2)CC1. The van der Waals surface area contributed by atoms with E-state index in [0.717, 1.165) is 56.5 Å². The predicted molar refractivity (Wildman–Crippen MR) is 139 cm³/mol. The minimum atomic E-state index is -4.59. The van der Waals surface area contributed by atoms with E-state index >= 15 is 0 Å². The maximum Gasteiger partial charge on any atom is 0.421 e. The largest absolute Gasteiger partial charge is 0.421 e. The molecule has 2 saturated heterocycles. The number of likely N-dealkylation sites (N-methyl/N-ethyl adjacent to an activating group) is 1. The Hall–Kier alpha value is -3.12. The summed E-state index contributed by atoms with van der Waals surface area (Å²) in [5.74, 6) is 0.161. The van der Waals surface area contributed by atoms with Crippen molar-refractivity contribution in [3.8, 4) is 0 Å². The number of benzene rings is 1. The molecule has 2 aliphatic heterocycles. The first-order valence-corrected chi connectivity index (χ1v) is 13.2. The van der Waals surface area contributed by atoms with Crippen LogP contribution in [0.1, 0.15) is 36.3 Å². The number of amides is 1. The highest BCUT2D eigenvalue weighted by molar-refractivity contribution is 5.78. The van der Waals surface area contributed by atoms with E-state index in [1.165, 1.54) is 5.69 Å². The van der Waals surface area contributed by atoms with Crippen LogP contribution in [-0.4, -0.2) is 91.7 Å². The van der Waals surface area contributed by atoms with Crippen molar-refractivity contribution in [3.63, 3.8) is 0 Å². The van der Waals surface area contributed by atoms with Gasteiger partial charge in [0.25, 0.3) is 0 Å². The topological polar surface area (TPSA) is 85.9 Å². The first-order valence-electron chi connectivity index (χ1n) is 13.2. The second-order valence-corrected chi connectivity index (χ2v) is 10.1. The van der Waals surface area contributed by atoms with Crippen LogP contribution in [0.2, 0.25) is 0 Å². The zero-order chi connectivity index (χ0) is 26.7. The molecule has 1 aromatic heterocycles. The monoisotopic (exact) mass is 533 g/mol. The van der Waals surface area contributed by atoms with Crippen molar-refractivity contribution in [1.29, 1.82) is 0 Å². The lowest BCUT2D eigenvalue weighted by Gasteiger charge is -2.34.